The summed E-state index contributed by atoms with van der Waals surface area (Å²) in [5.74, 6) is -0.666. The summed E-state index contributed by atoms with van der Waals surface area (Å²) in [6.45, 7) is 4.80. The Morgan fingerprint density at radius 2 is 1.95 bits per heavy atom. The minimum atomic E-state index is -0.710. The van der Waals surface area contributed by atoms with Crippen molar-refractivity contribution < 1.29 is 18.3 Å². The number of benzene rings is 1. The summed E-state index contributed by atoms with van der Waals surface area (Å²) < 4.78 is 36.6. The smallest absolute Gasteiger partial charge is 0.191 e. The van der Waals surface area contributed by atoms with Crippen molar-refractivity contribution in [1.29, 1.82) is 0 Å². The van der Waals surface area contributed by atoms with Crippen molar-refractivity contribution in [2.75, 3.05) is 40.0 Å². The van der Waals surface area contributed by atoms with Gasteiger partial charge in [-0.1, -0.05) is 0 Å². The molecule has 0 atom stereocenters. The van der Waals surface area contributed by atoms with Gasteiger partial charge in [-0.2, -0.15) is 0 Å². The quantitative estimate of drug-likeness (QED) is 0.415. The molecule has 124 valence electrons. The van der Waals surface area contributed by atoms with Gasteiger partial charge >= 0.3 is 0 Å². The lowest BCUT2D eigenvalue weighted by molar-refractivity contribution is 0.145. The van der Waals surface area contributed by atoms with Crippen LogP contribution in [0.15, 0.2) is 23.2 Å². The van der Waals surface area contributed by atoms with E-state index in [2.05, 4.69) is 15.6 Å². The number of halogens is 2. The standard InChI is InChI=1S/C15H23F2N3O2/c1-3-21-9-4-7-19-15(18-2)20-8-10-22-14-6-5-12(16)11-13(14)17/h5-6,11H,3-4,7-10H2,1-2H3,(H2,18,19,20). The molecular weight excluding hydrogens is 292 g/mol. The third-order valence-corrected chi connectivity index (χ3v) is 2.73. The van der Waals surface area contributed by atoms with E-state index in [1.165, 1.54) is 6.07 Å². The lowest BCUT2D eigenvalue weighted by atomic mass is 10.3. The summed E-state index contributed by atoms with van der Waals surface area (Å²) in [4.78, 5) is 4.05. The van der Waals surface area contributed by atoms with E-state index >= 15 is 0 Å². The van der Waals surface area contributed by atoms with Crippen molar-refractivity contribution in [3.8, 4) is 5.75 Å². The van der Waals surface area contributed by atoms with Crippen molar-refractivity contribution in [2.24, 2.45) is 4.99 Å². The maximum Gasteiger partial charge on any atom is 0.191 e. The van der Waals surface area contributed by atoms with Gasteiger partial charge in [0.1, 0.15) is 12.4 Å². The van der Waals surface area contributed by atoms with E-state index in [9.17, 15) is 8.78 Å². The van der Waals surface area contributed by atoms with E-state index < -0.39 is 11.6 Å². The van der Waals surface area contributed by atoms with Crippen molar-refractivity contribution in [1.82, 2.24) is 10.6 Å². The Morgan fingerprint density at radius 1 is 1.18 bits per heavy atom. The Bertz CT molecular complexity index is 470. The number of ether oxygens (including phenoxy) is 2. The lowest BCUT2D eigenvalue weighted by Gasteiger charge is -2.12. The van der Waals surface area contributed by atoms with Crippen LogP contribution in [-0.4, -0.2) is 45.9 Å². The second-order valence-electron chi connectivity index (χ2n) is 4.40. The SMILES string of the molecule is CCOCCCNC(=NC)NCCOc1ccc(F)cc1F. The predicted molar refractivity (Wildman–Crippen MR) is 82.3 cm³/mol. The topological polar surface area (TPSA) is 54.9 Å². The molecule has 1 aromatic carbocycles. The number of rotatable bonds is 9. The molecule has 0 spiro atoms. The number of nitrogens with zero attached hydrogens (tertiary/aromatic N) is 1. The van der Waals surface area contributed by atoms with Crippen molar-refractivity contribution >= 4 is 5.96 Å². The maximum atomic E-state index is 13.3. The number of guanidine groups is 1. The second kappa shape index (κ2) is 10.8. The maximum absolute atomic E-state index is 13.3. The van der Waals surface area contributed by atoms with Crippen LogP contribution in [0.3, 0.4) is 0 Å². The van der Waals surface area contributed by atoms with E-state index in [0.717, 1.165) is 25.1 Å². The zero-order valence-corrected chi connectivity index (χ0v) is 13.0. The molecule has 2 N–H and O–H groups in total. The highest BCUT2D eigenvalue weighted by Crippen LogP contribution is 2.17. The summed E-state index contributed by atoms with van der Waals surface area (Å²) in [5, 5.41) is 6.16. The number of nitrogens with one attached hydrogen (secondary N) is 2. The summed E-state index contributed by atoms with van der Waals surface area (Å²) >= 11 is 0. The van der Waals surface area contributed by atoms with Gasteiger partial charge in [0.05, 0.1) is 6.54 Å². The van der Waals surface area contributed by atoms with Crippen LogP contribution in [0.25, 0.3) is 0 Å². The molecule has 0 fully saturated rings. The van der Waals surface area contributed by atoms with E-state index in [4.69, 9.17) is 9.47 Å². The Balaban J connectivity index is 2.19. The highest BCUT2D eigenvalue weighted by molar-refractivity contribution is 5.79. The fourth-order valence-electron chi connectivity index (χ4n) is 1.67. The largest absolute Gasteiger partial charge is 0.489 e. The molecule has 1 aromatic rings. The number of hydrogen-bond donors (Lipinski definition) is 2. The Hall–Kier alpha value is -1.89. The molecule has 0 bridgehead atoms. The summed E-state index contributed by atoms with van der Waals surface area (Å²) in [6.07, 6.45) is 0.881. The first-order chi connectivity index (χ1) is 10.7. The van der Waals surface area contributed by atoms with Gasteiger partial charge in [0.15, 0.2) is 17.5 Å². The second-order valence-corrected chi connectivity index (χ2v) is 4.40. The summed E-state index contributed by atoms with van der Waals surface area (Å²) in [5.41, 5.74) is 0. The van der Waals surface area contributed by atoms with Crippen molar-refractivity contribution in [2.45, 2.75) is 13.3 Å². The zero-order chi connectivity index (χ0) is 16.2. The fraction of sp³-hybridized carbons (Fsp3) is 0.533. The Morgan fingerprint density at radius 3 is 2.64 bits per heavy atom. The van der Waals surface area contributed by atoms with Crippen LogP contribution in [-0.2, 0) is 4.74 Å². The molecule has 1 rings (SSSR count). The van der Waals surface area contributed by atoms with Gasteiger partial charge in [0.25, 0.3) is 0 Å². The summed E-state index contributed by atoms with van der Waals surface area (Å²) in [6, 6.07) is 3.22. The Labute approximate surface area is 129 Å². The zero-order valence-electron chi connectivity index (χ0n) is 13.0. The molecule has 0 heterocycles. The van der Waals surface area contributed by atoms with Crippen molar-refractivity contribution in [3.63, 3.8) is 0 Å². The van der Waals surface area contributed by atoms with Crippen LogP contribution in [0.4, 0.5) is 8.78 Å². The first-order valence-corrected chi connectivity index (χ1v) is 7.27. The van der Waals surface area contributed by atoms with Gasteiger partial charge in [0.2, 0.25) is 0 Å². The van der Waals surface area contributed by atoms with Gasteiger partial charge in [0, 0.05) is 32.9 Å². The molecule has 0 unspecified atom stereocenters. The average molecular weight is 315 g/mol. The molecular formula is C15H23F2N3O2. The molecule has 7 heteroatoms. The highest BCUT2D eigenvalue weighted by Gasteiger charge is 2.04. The molecule has 0 radical (unpaired) electrons. The molecule has 0 aromatic heterocycles. The molecule has 22 heavy (non-hydrogen) atoms. The lowest BCUT2D eigenvalue weighted by Crippen LogP contribution is -2.39. The van der Waals surface area contributed by atoms with Gasteiger partial charge in [-0.3, -0.25) is 4.99 Å². The molecule has 0 saturated carbocycles. The van der Waals surface area contributed by atoms with Gasteiger partial charge in [-0.05, 0) is 25.5 Å². The highest BCUT2D eigenvalue weighted by atomic mass is 19.1. The van der Waals surface area contributed by atoms with Crippen LogP contribution < -0.4 is 15.4 Å². The van der Waals surface area contributed by atoms with Crippen LogP contribution >= 0.6 is 0 Å². The molecule has 0 aliphatic heterocycles. The minimum Gasteiger partial charge on any atom is -0.489 e. The van der Waals surface area contributed by atoms with Crippen LogP contribution in [0.5, 0.6) is 5.75 Å². The number of hydrogen-bond acceptors (Lipinski definition) is 3. The molecule has 0 amide bonds. The van der Waals surface area contributed by atoms with Gasteiger partial charge < -0.3 is 20.1 Å². The molecule has 0 saturated heterocycles. The van der Waals surface area contributed by atoms with Crippen molar-refractivity contribution in [3.05, 3.63) is 29.8 Å². The van der Waals surface area contributed by atoms with Crippen LogP contribution in [0.1, 0.15) is 13.3 Å². The average Bonchev–Trinajstić information content (AvgIpc) is 2.51. The van der Waals surface area contributed by atoms with E-state index in [0.29, 0.717) is 25.7 Å². The molecule has 5 nitrogen and oxygen atoms in total. The van der Waals surface area contributed by atoms with Crippen LogP contribution in [0.2, 0.25) is 0 Å². The van der Waals surface area contributed by atoms with Crippen LogP contribution in [0, 0.1) is 11.6 Å². The van der Waals surface area contributed by atoms with E-state index in [1.54, 1.807) is 7.05 Å². The summed E-state index contributed by atoms with van der Waals surface area (Å²) in [7, 11) is 1.67. The molecule has 0 aliphatic carbocycles. The third kappa shape index (κ3) is 7.21. The normalized spacial score (nSPS) is 11.4. The van der Waals surface area contributed by atoms with Gasteiger partial charge in [-0.25, -0.2) is 8.78 Å². The van der Waals surface area contributed by atoms with E-state index in [1.807, 2.05) is 6.92 Å². The van der Waals surface area contributed by atoms with E-state index in [-0.39, 0.29) is 12.4 Å². The predicted octanol–water partition coefficient (Wildman–Crippen LogP) is 1.94. The first-order valence-electron chi connectivity index (χ1n) is 7.27. The first kappa shape index (κ1) is 18.2. The Kier molecular flexibility index (Phi) is 8.90. The molecule has 0 aliphatic rings. The third-order valence-electron chi connectivity index (χ3n) is 2.73. The fourth-order valence-corrected chi connectivity index (χ4v) is 1.67. The monoisotopic (exact) mass is 315 g/mol. The number of aliphatic imine (C=N–C) groups is 1. The van der Waals surface area contributed by atoms with Gasteiger partial charge in [-0.15, -0.1) is 0 Å². The minimum absolute atomic E-state index is 0.0304.